The van der Waals surface area contributed by atoms with Crippen molar-refractivity contribution in [3.8, 4) is 0 Å². The van der Waals surface area contributed by atoms with E-state index in [-0.39, 0.29) is 30.2 Å². The van der Waals surface area contributed by atoms with Gasteiger partial charge in [0, 0.05) is 25.0 Å². The molecule has 0 unspecified atom stereocenters. The van der Waals surface area contributed by atoms with Gasteiger partial charge in [0.25, 0.3) is 11.8 Å². The molecular weight excluding hydrogens is 345 g/mol. The highest BCUT2D eigenvalue weighted by molar-refractivity contribution is 5.99. The van der Waals surface area contributed by atoms with Crippen LogP contribution in [0.1, 0.15) is 64.8 Å². The van der Waals surface area contributed by atoms with E-state index in [1.54, 1.807) is 18.2 Å². The zero-order chi connectivity index (χ0) is 19.1. The second-order valence-corrected chi connectivity index (χ2v) is 6.93. The van der Waals surface area contributed by atoms with Gasteiger partial charge in [-0.3, -0.25) is 14.6 Å². The first-order chi connectivity index (χ1) is 13.1. The molecule has 0 radical (unpaired) electrons. The highest BCUT2D eigenvalue weighted by Gasteiger charge is 2.17. The fourth-order valence-electron chi connectivity index (χ4n) is 3.27. The van der Waals surface area contributed by atoms with Crippen LogP contribution < -0.4 is 10.6 Å². The minimum absolute atomic E-state index is 0.191. The maximum atomic E-state index is 12.9. The Morgan fingerprint density at radius 2 is 1.59 bits per heavy atom. The van der Waals surface area contributed by atoms with Gasteiger partial charge >= 0.3 is 0 Å². The van der Waals surface area contributed by atoms with Gasteiger partial charge in [-0.15, -0.1) is 0 Å². The molecule has 1 aliphatic carbocycles. The number of hydrogen-bond donors (Lipinski definition) is 2. The maximum Gasteiger partial charge on any atom is 0.253 e. The van der Waals surface area contributed by atoms with Gasteiger partial charge in [0.05, 0.1) is 11.1 Å². The molecule has 27 heavy (non-hydrogen) atoms. The number of hydrogen-bond acceptors (Lipinski definition) is 3. The van der Waals surface area contributed by atoms with E-state index in [2.05, 4.69) is 15.6 Å². The summed E-state index contributed by atoms with van der Waals surface area (Å²) in [6.45, 7) is 0.275. The third-order valence-corrected chi connectivity index (χ3v) is 4.82. The Kier molecular flexibility index (Phi) is 6.52. The normalized spacial score (nSPS) is 15.0. The fraction of sp³-hybridized carbons (Fsp3) is 0.381. The van der Waals surface area contributed by atoms with Crippen LogP contribution in [0.15, 0.2) is 42.7 Å². The first-order valence-corrected chi connectivity index (χ1v) is 9.40. The molecule has 2 N–H and O–H groups in total. The first-order valence-electron chi connectivity index (χ1n) is 9.40. The molecular formula is C21H24FN3O2. The number of carbonyl (C=O) groups excluding carboxylic acids is 2. The number of rotatable bonds is 5. The standard InChI is InChI=1S/C21H24FN3O2/c22-18-9-7-15(8-10-18)12-24-20(26)16-11-17(14-23-13-16)21(27)25-19-5-3-1-2-4-6-19/h7-11,13-14,19H,1-6,12H2,(H,24,26)(H,25,27). The molecule has 6 heteroatoms. The fourth-order valence-corrected chi connectivity index (χ4v) is 3.27. The molecule has 0 atom stereocenters. The van der Waals surface area contributed by atoms with Crippen molar-refractivity contribution >= 4 is 11.8 Å². The lowest BCUT2D eigenvalue weighted by atomic mass is 10.1. The van der Waals surface area contributed by atoms with Crippen molar-refractivity contribution in [3.63, 3.8) is 0 Å². The molecule has 1 aromatic carbocycles. The van der Waals surface area contributed by atoms with Crippen molar-refractivity contribution in [1.29, 1.82) is 0 Å². The summed E-state index contributed by atoms with van der Waals surface area (Å²) >= 11 is 0. The minimum Gasteiger partial charge on any atom is -0.349 e. The molecule has 5 nitrogen and oxygen atoms in total. The maximum absolute atomic E-state index is 12.9. The summed E-state index contributed by atoms with van der Waals surface area (Å²) < 4.78 is 12.9. The van der Waals surface area contributed by atoms with Gasteiger partial charge in [0.2, 0.25) is 0 Å². The molecule has 1 heterocycles. The Morgan fingerprint density at radius 3 is 2.26 bits per heavy atom. The van der Waals surface area contributed by atoms with Gasteiger partial charge in [-0.05, 0) is 36.6 Å². The van der Waals surface area contributed by atoms with E-state index in [0.717, 1.165) is 31.2 Å². The quantitative estimate of drug-likeness (QED) is 0.791. The van der Waals surface area contributed by atoms with Gasteiger partial charge in [-0.1, -0.05) is 37.8 Å². The highest BCUT2D eigenvalue weighted by atomic mass is 19.1. The van der Waals surface area contributed by atoms with Crippen molar-refractivity contribution in [2.45, 2.75) is 51.1 Å². The molecule has 0 spiro atoms. The smallest absolute Gasteiger partial charge is 0.253 e. The summed E-state index contributed by atoms with van der Waals surface area (Å²) in [5.74, 6) is -0.833. The Labute approximate surface area is 158 Å². The van der Waals surface area contributed by atoms with Crippen LogP contribution >= 0.6 is 0 Å². The Hall–Kier alpha value is -2.76. The molecule has 142 valence electrons. The molecule has 0 saturated heterocycles. The number of benzene rings is 1. The van der Waals surface area contributed by atoms with Crippen LogP contribution in [0.4, 0.5) is 4.39 Å². The Bertz CT molecular complexity index is 784. The summed E-state index contributed by atoms with van der Waals surface area (Å²) in [5.41, 5.74) is 1.50. The number of aromatic nitrogens is 1. The molecule has 2 amide bonds. The zero-order valence-electron chi connectivity index (χ0n) is 15.2. The van der Waals surface area contributed by atoms with Crippen LogP contribution in [0.2, 0.25) is 0 Å². The molecule has 0 bridgehead atoms. The topological polar surface area (TPSA) is 71.1 Å². The van der Waals surface area contributed by atoms with E-state index in [1.165, 1.54) is 37.4 Å². The molecule has 3 rings (SSSR count). The van der Waals surface area contributed by atoms with Gasteiger partial charge in [0.15, 0.2) is 0 Å². The second-order valence-electron chi connectivity index (χ2n) is 6.93. The number of nitrogens with one attached hydrogen (secondary N) is 2. The van der Waals surface area contributed by atoms with Crippen LogP contribution in [-0.2, 0) is 6.54 Å². The average Bonchev–Trinajstić information content (AvgIpc) is 2.96. The number of pyridine rings is 1. The van der Waals surface area contributed by atoms with Crippen LogP contribution in [-0.4, -0.2) is 22.8 Å². The van der Waals surface area contributed by atoms with Crippen LogP contribution in [0, 0.1) is 5.82 Å². The summed E-state index contributed by atoms with van der Waals surface area (Å²) in [7, 11) is 0. The van der Waals surface area contributed by atoms with E-state index in [4.69, 9.17) is 0 Å². The highest BCUT2D eigenvalue weighted by Crippen LogP contribution is 2.17. The van der Waals surface area contributed by atoms with Gasteiger partial charge in [-0.2, -0.15) is 0 Å². The van der Waals surface area contributed by atoms with E-state index in [9.17, 15) is 14.0 Å². The van der Waals surface area contributed by atoms with Crippen molar-refractivity contribution < 1.29 is 14.0 Å². The third kappa shape index (κ3) is 5.61. The Balaban J connectivity index is 1.59. The summed E-state index contributed by atoms with van der Waals surface area (Å²) in [4.78, 5) is 28.9. The van der Waals surface area contributed by atoms with E-state index in [1.807, 2.05) is 0 Å². The van der Waals surface area contributed by atoms with Crippen molar-refractivity contribution in [2.75, 3.05) is 0 Å². The number of nitrogens with zero attached hydrogens (tertiary/aromatic N) is 1. The van der Waals surface area contributed by atoms with E-state index in [0.29, 0.717) is 11.1 Å². The molecule has 1 saturated carbocycles. The predicted octanol–water partition coefficient (Wildman–Crippen LogP) is 3.60. The average molecular weight is 369 g/mol. The van der Waals surface area contributed by atoms with Crippen LogP contribution in [0.25, 0.3) is 0 Å². The predicted molar refractivity (Wildman–Crippen MR) is 101 cm³/mol. The van der Waals surface area contributed by atoms with E-state index >= 15 is 0 Å². The molecule has 1 aliphatic rings. The lowest BCUT2D eigenvalue weighted by Gasteiger charge is -2.16. The van der Waals surface area contributed by atoms with Crippen molar-refractivity contribution in [3.05, 3.63) is 65.2 Å². The number of amides is 2. The minimum atomic E-state index is -0.323. The summed E-state index contributed by atoms with van der Waals surface area (Å²) in [6, 6.07) is 7.67. The summed E-state index contributed by atoms with van der Waals surface area (Å²) in [6.07, 6.45) is 9.61. The monoisotopic (exact) mass is 369 g/mol. The first kappa shape index (κ1) is 19.0. The lowest BCUT2D eigenvalue weighted by molar-refractivity contribution is 0.0933. The lowest BCUT2D eigenvalue weighted by Crippen LogP contribution is -2.34. The molecule has 1 fully saturated rings. The van der Waals surface area contributed by atoms with Crippen LogP contribution in [0.3, 0.4) is 0 Å². The molecule has 0 aliphatic heterocycles. The largest absolute Gasteiger partial charge is 0.349 e. The zero-order valence-corrected chi connectivity index (χ0v) is 15.2. The van der Waals surface area contributed by atoms with Gasteiger partial charge in [0.1, 0.15) is 5.82 Å². The van der Waals surface area contributed by atoms with E-state index < -0.39 is 0 Å². The summed E-state index contributed by atoms with van der Waals surface area (Å²) in [5, 5.41) is 5.82. The van der Waals surface area contributed by atoms with Gasteiger partial charge < -0.3 is 10.6 Å². The molecule has 1 aromatic heterocycles. The second kappa shape index (κ2) is 9.26. The third-order valence-electron chi connectivity index (χ3n) is 4.82. The SMILES string of the molecule is O=C(NCc1ccc(F)cc1)c1cncc(C(=O)NC2CCCCCC2)c1. The molecule has 2 aromatic rings. The van der Waals surface area contributed by atoms with Crippen molar-refractivity contribution in [2.24, 2.45) is 0 Å². The Morgan fingerprint density at radius 1 is 0.963 bits per heavy atom. The number of halogens is 1. The van der Waals surface area contributed by atoms with Crippen LogP contribution in [0.5, 0.6) is 0 Å². The van der Waals surface area contributed by atoms with Gasteiger partial charge in [-0.25, -0.2) is 4.39 Å². The number of carbonyl (C=O) groups is 2. The van der Waals surface area contributed by atoms with Crippen molar-refractivity contribution in [1.82, 2.24) is 15.6 Å².